The number of fused-ring (bicyclic) bond motifs is 2. The largest absolute Gasteiger partial charge is 0.492 e. The van der Waals surface area contributed by atoms with Crippen LogP contribution in [-0.2, 0) is 39.6 Å². The van der Waals surface area contributed by atoms with Gasteiger partial charge in [0.25, 0.3) is 0 Å². The van der Waals surface area contributed by atoms with Gasteiger partial charge < -0.3 is 76.5 Å². The first-order valence-corrected chi connectivity index (χ1v) is 26.7. The molecule has 16 nitrogen and oxygen atoms in total. The topological polar surface area (TPSA) is 170 Å². The van der Waals surface area contributed by atoms with Gasteiger partial charge in [0.2, 0.25) is 0 Å². The fraction of sp³-hybridized carbons (Fsp3) is 0.379. The summed E-state index contributed by atoms with van der Waals surface area (Å²) in [6, 6.07) is 41.0. The van der Waals surface area contributed by atoms with E-state index < -0.39 is 17.1 Å². The number of aliphatic hydroxyl groups is 2. The molecule has 76 heavy (non-hydrogen) atoms. The van der Waals surface area contributed by atoms with Crippen molar-refractivity contribution in [3.63, 3.8) is 0 Å². The van der Waals surface area contributed by atoms with Crippen LogP contribution < -0.4 is 37.9 Å². The molecule has 0 aliphatic carbocycles. The normalized spacial score (nSPS) is 18.4. The molecule has 18 heteroatoms. The van der Waals surface area contributed by atoms with E-state index in [-0.39, 0.29) is 46.3 Å². The van der Waals surface area contributed by atoms with E-state index in [0.29, 0.717) is 108 Å². The van der Waals surface area contributed by atoms with Gasteiger partial charge >= 0.3 is 0 Å². The Bertz CT molecular complexity index is 2460. The molecular formula is C58H66ClIO16. The zero-order chi connectivity index (χ0) is 53.6. The molecule has 2 aliphatic heterocycles. The summed E-state index contributed by atoms with van der Waals surface area (Å²) < 4.78 is 78.0. The van der Waals surface area contributed by atoms with Crippen LogP contribution in [0.25, 0.3) is 0 Å². The number of rotatable bonds is 28. The lowest BCUT2D eigenvalue weighted by atomic mass is 9.71. The molecule has 0 spiro atoms. The van der Waals surface area contributed by atoms with Crippen molar-refractivity contribution in [3.8, 4) is 46.0 Å². The number of halogens is 2. The molecule has 0 radical (unpaired) electrons. The average Bonchev–Trinajstić information content (AvgIpc) is 3.47. The predicted octanol–water partition coefficient (Wildman–Crippen LogP) is 9.59. The SMILES string of the molecule is COCOc1ccc(C2COc3cc(OCOC)ccc3C2(O)c2ccc(OCCOCCCl)cc2)cc1.COCOc1ccc(C2COc3cc(OCOC)ccc3C2(O)c2ccc(OCCOCCI)cc2)cc1. The summed E-state index contributed by atoms with van der Waals surface area (Å²) in [6.45, 7) is 4.10. The highest BCUT2D eigenvalue weighted by molar-refractivity contribution is 14.1. The molecule has 6 aromatic carbocycles. The van der Waals surface area contributed by atoms with Crippen LogP contribution in [0.4, 0.5) is 0 Å². The molecular weight excluding hydrogens is 1110 g/mol. The van der Waals surface area contributed by atoms with Crippen LogP contribution in [0.1, 0.15) is 45.2 Å². The van der Waals surface area contributed by atoms with Gasteiger partial charge in [0.1, 0.15) is 70.4 Å². The molecule has 4 unspecified atom stereocenters. The van der Waals surface area contributed by atoms with E-state index in [2.05, 4.69) is 22.6 Å². The number of hydrogen-bond acceptors (Lipinski definition) is 16. The van der Waals surface area contributed by atoms with E-state index in [9.17, 15) is 10.2 Å². The van der Waals surface area contributed by atoms with Gasteiger partial charge in [0, 0.05) is 62.0 Å². The zero-order valence-electron chi connectivity index (χ0n) is 43.1. The molecule has 2 heterocycles. The summed E-state index contributed by atoms with van der Waals surface area (Å²) in [5.74, 6) is 4.71. The zero-order valence-corrected chi connectivity index (χ0v) is 46.0. The summed E-state index contributed by atoms with van der Waals surface area (Å²) in [7, 11) is 6.27. The van der Waals surface area contributed by atoms with Gasteiger partial charge in [-0.15, -0.1) is 11.6 Å². The van der Waals surface area contributed by atoms with Crippen molar-refractivity contribution in [2.75, 3.05) is 119 Å². The number of methoxy groups -OCH3 is 4. The number of alkyl halides is 2. The fourth-order valence-corrected chi connectivity index (χ4v) is 9.29. The molecule has 6 aromatic rings. The maximum atomic E-state index is 12.5. The van der Waals surface area contributed by atoms with Gasteiger partial charge in [-0.25, -0.2) is 0 Å². The van der Waals surface area contributed by atoms with Crippen LogP contribution in [0, 0.1) is 0 Å². The van der Waals surface area contributed by atoms with E-state index in [1.807, 2.05) is 115 Å². The number of ether oxygens (including phenoxy) is 14. The van der Waals surface area contributed by atoms with E-state index >= 15 is 0 Å². The minimum absolute atomic E-state index is 0.113. The van der Waals surface area contributed by atoms with Crippen LogP contribution in [0.3, 0.4) is 0 Å². The quantitative estimate of drug-likeness (QED) is 0.0206. The van der Waals surface area contributed by atoms with Gasteiger partial charge in [-0.2, -0.15) is 0 Å². The van der Waals surface area contributed by atoms with E-state index in [0.717, 1.165) is 21.1 Å². The lowest BCUT2D eigenvalue weighted by Crippen LogP contribution is -2.41. The highest BCUT2D eigenvalue weighted by Gasteiger charge is 2.48. The van der Waals surface area contributed by atoms with Crippen molar-refractivity contribution in [1.29, 1.82) is 0 Å². The third-order valence-electron chi connectivity index (χ3n) is 12.5. The minimum Gasteiger partial charge on any atom is -0.492 e. The van der Waals surface area contributed by atoms with Gasteiger partial charge in [-0.1, -0.05) is 71.1 Å². The maximum absolute atomic E-state index is 12.5. The second-order valence-corrected chi connectivity index (χ2v) is 18.7. The maximum Gasteiger partial charge on any atom is 0.188 e. The molecule has 8 rings (SSSR count). The molecule has 408 valence electrons. The van der Waals surface area contributed by atoms with Crippen LogP contribution >= 0.6 is 34.2 Å². The summed E-state index contributed by atoms with van der Waals surface area (Å²) in [6.07, 6.45) is 0. The molecule has 0 amide bonds. The standard InChI is InChI=1S/C29H33ClO8.C29H33IO8/c2*1-32-19-37-24-7-3-21(4-8-24)27-18-36-28-17-25(38-20-33-2)11-12-26(28)29(27,31)22-5-9-23(10-6-22)35-16-15-34-14-13-30/h2*3-12,17,27,31H,13-16,18-20H2,1-2H3. The fourth-order valence-electron chi connectivity index (χ4n) is 8.87. The highest BCUT2D eigenvalue weighted by Crippen LogP contribution is 2.52. The molecule has 0 saturated heterocycles. The molecule has 0 aromatic heterocycles. The van der Waals surface area contributed by atoms with Crippen LogP contribution in [0.5, 0.6) is 46.0 Å². The van der Waals surface area contributed by atoms with Gasteiger partial charge in [0.05, 0.1) is 51.5 Å². The second kappa shape index (κ2) is 29.8. The predicted molar refractivity (Wildman–Crippen MR) is 293 cm³/mol. The lowest BCUT2D eigenvalue weighted by molar-refractivity contribution is 0.00950. The molecule has 2 aliphatic rings. The smallest absolute Gasteiger partial charge is 0.188 e. The van der Waals surface area contributed by atoms with Crippen molar-refractivity contribution in [3.05, 3.63) is 167 Å². The Morgan fingerprint density at radius 2 is 0.789 bits per heavy atom. The van der Waals surface area contributed by atoms with Crippen LogP contribution in [0.15, 0.2) is 133 Å². The van der Waals surface area contributed by atoms with Gasteiger partial charge in [-0.3, -0.25) is 0 Å². The Morgan fingerprint density at radius 3 is 1.16 bits per heavy atom. The minimum atomic E-state index is -1.38. The summed E-state index contributed by atoms with van der Waals surface area (Å²) in [5, 5.41) is 25.0. The molecule has 0 fully saturated rings. The van der Waals surface area contributed by atoms with Crippen molar-refractivity contribution < 1.29 is 76.5 Å². The Labute approximate surface area is 462 Å². The van der Waals surface area contributed by atoms with Gasteiger partial charge in [0.15, 0.2) is 27.2 Å². The van der Waals surface area contributed by atoms with Crippen LogP contribution in [0.2, 0.25) is 0 Å². The molecule has 0 saturated carbocycles. The van der Waals surface area contributed by atoms with E-state index in [1.165, 1.54) is 0 Å². The first-order valence-electron chi connectivity index (χ1n) is 24.6. The van der Waals surface area contributed by atoms with E-state index in [4.69, 9.17) is 77.9 Å². The molecule has 0 bridgehead atoms. The monoisotopic (exact) mass is 1180 g/mol. The Morgan fingerprint density at radius 1 is 0.447 bits per heavy atom. The van der Waals surface area contributed by atoms with Crippen molar-refractivity contribution in [2.24, 2.45) is 0 Å². The molecule has 2 N–H and O–H groups in total. The summed E-state index contributed by atoms with van der Waals surface area (Å²) >= 11 is 7.91. The Kier molecular flexibility index (Phi) is 22.8. The Hall–Kier alpha value is -5.58. The third kappa shape index (κ3) is 14.9. The number of benzene rings is 6. The van der Waals surface area contributed by atoms with Crippen molar-refractivity contribution >= 4 is 34.2 Å². The number of hydrogen-bond donors (Lipinski definition) is 2. The summed E-state index contributed by atoms with van der Waals surface area (Å²) in [5.41, 5.74) is 1.79. The molecule has 4 atom stereocenters. The highest BCUT2D eigenvalue weighted by atomic mass is 127. The second-order valence-electron chi connectivity index (χ2n) is 17.3. The van der Waals surface area contributed by atoms with Crippen molar-refractivity contribution in [2.45, 2.75) is 23.0 Å². The first kappa shape index (κ1) is 58.1. The summed E-state index contributed by atoms with van der Waals surface area (Å²) in [4.78, 5) is 0. The van der Waals surface area contributed by atoms with Gasteiger partial charge in [-0.05, 0) is 95.1 Å². The van der Waals surface area contributed by atoms with Crippen molar-refractivity contribution in [1.82, 2.24) is 0 Å². The van der Waals surface area contributed by atoms with E-state index in [1.54, 1.807) is 46.6 Å². The first-order chi connectivity index (χ1) is 37.2. The third-order valence-corrected chi connectivity index (χ3v) is 13.1. The average molecular weight is 1180 g/mol. The van der Waals surface area contributed by atoms with Crippen LogP contribution in [-0.4, -0.2) is 129 Å². The lowest BCUT2D eigenvalue weighted by Gasteiger charge is -2.42. The Balaban J connectivity index is 0.000000221.